The molecule has 2 nitrogen and oxygen atoms in total. The Morgan fingerprint density at radius 1 is 1.13 bits per heavy atom. The highest BCUT2D eigenvalue weighted by atomic mass is 127. The summed E-state index contributed by atoms with van der Waals surface area (Å²) >= 11 is 2.36. The van der Waals surface area contributed by atoms with Crippen LogP contribution in [0, 0.1) is 0 Å². The Bertz CT molecular complexity index is 314. The zero-order valence-corrected chi connectivity index (χ0v) is 11.3. The molecule has 0 unspecified atom stereocenters. The molecule has 0 amide bonds. The van der Waals surface area contributed by atoms with E-state index in [9.17, 15) is 10.2 Å². The van der Waals surface area contributed by atoms with Crippen LogP contribution in [-0.2, 0) is 5.41 Å². The van der Waals surface area contributed by atoms with Crippen molar-refractivity contribution < 1.29 is 10.2 Å². The summed E-state index contributed by atoms with van der Waals surface area (Å²) in [4.78, 5) is 0. The van der Waals surface area contributed by atoms with Gasteiger partial charge in [0.2, 0.25) is 0 Å². The van der Waals surface area contributed by atoms with E-state index in [-0.39, 0.29) is 16.9 Å². The second kappa shape index (κ2) is 5.05. The van der Waals surface area contributed by atoms with Gasteiger partial charge in [-0.05, 0) is 40.4 Å². The fraction of sp³-hybridized carbons (Fsp3) is 0.500. The number of alkyl halides is 1. The summed E-state index contributed by atoms with van der Waals surface area (Å²) in [5, 5.41) is 18.8. The van der Waals surface area contributed by atoms with E-state index in [0.29, 0.717) is 0 Å². The van der Waals surface area contributed by atoms with Gasteiger partial charge in [0.1, 0.15) is 11.5 Å². The Morgan fingerprint density at radius 3 is 2.13 bits per heavy atom. The van der Waals surface area contributed by atoms with Crippen molar-refractivity contribution in [3.05, 3.63) is 23.8 Å². The van der Waals surface area contributed by atoms with Crippen molar-refractivity contribution in [2.24, 2.45) is 0 Å². The topological polar surface area (TPSA) is 40.5 Å². The number of hydrogen-bond acceptors (Lipinski definition) is 2. The molecular formula is C12H17IO2. The Balaban J connectivity index is 2.93. The number of hydrogen-bond donors (Lipinski definition) is 2. The van der Waals surface area contributed by atoms with Gasteiger partial charge in [0.15, 0.2) is 0 Å². The van der Waals surface area contributed by atoms with Crippen LogP contribution in [0.25, 0.3) is 0 Å². The van der Waals surface area contributed by atoms with E-state index in [2.05, 4.69) is 36.4 Å². The molecular weight excluding hydrogens is 303 g/mol. The lowest BCUT2D eigenvalue weighted by Crippen LogP contribution is -2.17. The standard InChI is InChI=1S/C12H17IO2/c1-12(2,4-3-5-13)9-6-10(14)8-11(15)7-9/h6-8,14-15H,3-5H2,1-2H3. The first-order valence-corrected chi connectivity index (χ1v) is 6.58. The molecule has 0 atom stereocenters. The Morgan fingerprint density at radius 2 is 1.67 bits per heavy atom. The molecule has 0 spiro atoms. The Hall–Kier alpha value is -0.450. The molecule has 0 saturated heterocycles. The summed E-state index contributed by atoms with van der Waals surface area (Å²) in [7, 11) is 0. The van der Waals surface area contributed by atoms with Gasteiger partial charge in [0, 0.05) is 6.07 Å². The van der Waals surface area contributed by atoms with Crippen molar-refractivity contribution in [3.63, 3.8) is 0 Å². The van der Waals surface area contributed by atoms with Crippen LogP contribution < -0.4 is 0 Å². The number of benzene rings is 1. The summed E-state index contributed by atoms with van der Waals surface area (Å²) in [5.74, 6) is 0.264. The second-order valence-electron chi connectivity index (χ2n) is 4.41. The molecule has 0 bridgehead atoms. The minimum Gasteiger partial charge on any atom is -0.508 e. The van der Waals surface area contributed by atoms with E-state index in [0.717, 1.165) is 22.8 Å². The molecule has 0 aliphatic carbocycles. The first-order chi connectivity index (χ1) is 6.95. The van der Waals surface area contributed by atoms with Crippen LogP contribution in [-0.4, -0.2) is 14.6 Å². The van der Waals surface area contributed by atoms with E-state index in [1.54, 1.807) is 12.1 Å². The van der Waals surface area contributed by atoms with Gasteiger partial charge in [0.25, 0.3) is 0 Å². The van der Waals surface area contributed by atoms with Crippen molar-refractivity contribution in [3.8, 4) is 11.5 Å². The molecule has 3 heteroatoms. The summed E-state index contributed by atoms with van der Waals surface area (Å²) in [6.45, 7) is 4.26. The third-order valence-electron chi connectivity index (χ3n) is 2.62. The molecule has 0 aromatic heterocycles. The van der Waals surface area contributed by atoms with Gasteiger partial charge in [-0.2, -0.15) is 0 Å². The van der Waals surface area contributed by atoms with Gasteiger partial charge in [-0.15, -0.1) is 0 Å². The smallest absolute Gasteiger partial charge is 0.119 e. The average Bonchev–Trinajstić information content (AvgIpc) is 2.13. The quantitative estimate of drug-likeness (QED) is 0.657. The van der Waals surface area contributed by atoms with E-state index in [4.69, 9.17) is 0 Å². The predicted molar refractivity (Wildman–Crippen MR) is 70.9 cm³/mol. The van der Waals surface area contributed by atoms with Crippen molar-refractivity contribution in [2.45, 2.75) is 32.1 Å². The SMILES string of the molecule is CC(C)(CCCI)c1cc(O)cc(O)c1. The fourth-order valence-corrected chi connectivity index (χ4v) is 2.02. The lowest BCUT2D eigenvalue weighted by molar-refractivity contribution is 0.433. The highest BCUT2D eigenvalue weighted by Crippen LogP contribution is 2.33. The van der Waals surface area contributed by atoms with Crippen molar-refractivity contribution in [2.75, 3.05) is 4.43 Å². The highest BCUT2D eigenvalue weighted by molar-refractivity contribution is 14.1. The minimum atomic E-state index is 0.00138. The van der Waals surface area contributed by atoms with E-state index in [1.165, 1.54) is 6.07 Å². The molecule has 84 valence electrons. The van der Waals surface area contributed by atoms with E-state index in [1.807, 2.05) is 0 Å². The van der Waals surface area contributed by atoms with Crippen LogP contribution in [0.2, 0.25) is 0 Å². The van der Waals surface area contributed by atoms with Crippen molar-refractivity contribution in [1.82, 2.24) is 0 Å². The van der Waals surface area contributed by atoms with Crippen LogP contribution in [0.5, 0.6) is 11.5 Å². The number of aromatic hydroxyl groups is 2. The third-order valence-corrected chi connectivity index (χ3v) is 3.38. The monoisotopic (exact) mass is 320 g/mol. The summed E-state index contributed by atoms with van der Waals surface area (Å²) < 4.78 is 1.13. The number of rotatable bonds is 4. The molecule has 2 N–H and O–H groups in total. The highest BCUT2D eigenvalue weighted by Gasteiger charge is 2.21. The van der Waals surface area contributed by atoms with Crippen molar-refractivity contribution in [1.29, 1.82) is 0 Å². The predicted octanol–water partition coefficient (Wildman–Crippen LogP) is 3.59. The Labute approximate surface area is 104 Å². The molecule has 1 aromatic carbocycles. The van der Waals surface area contributed by atoms with Gasteiger partial charge >= 0.3 is 0 Å². The number of phenolic OH excluding ortho intramolecular Hbond substituents is 2. The zero-order valence-electron chi connectivity index (χ0n) is 9.13. The fourth-order valence-electron chi connectivity index (χ4n) is 1.64. The zero-order chi connectivity index (χ0) is 11.5. The van der Waals surface area contributed by atoms with Crippen molar-refractivity contribution >= 4 is 22.6 Å². The normalized spacial score (nSPS) is 11.7. The van der Waals surface area contributed by atoms with Gasteiger partial charge < -0.3 is 10.2 Å². The van der Waals surface area contributed by atoms with Gasteiger partial charge in [0.05, 0.1) is 0 Å². The maximum absolute atomic E-state index is 9.42. The average molecular weight is 320 g/mol. The molecule has 0 heterocycles. The molecule has 0 aliphatic heterocycles. The van der Waals surface area contributed by atoms with E-state index < -0.39 is 0 Å². The molecule has 1 rings (SSSR count). The molecule has 0 saturated carbocycles. The van der Waals surface area contributed by atoms with Gasteiger partial charge in [-0.25, -0.2) is 0 Å². The molecule has 0 radical (unpaired) electrons. The second-order valence-corrected chi connectivity index (χ2v) is 5.49. The Kier molecular flexibility index (Phi) is 4.25. The molecule has 15 heavy (non-hydrogen) atoms. The van der Waals surface area contributed by atoms with Crippen LogP contribution in [0.15, 0.2) is 18.2 Å². The third kappa shape index (κ3) is 3.55. The minimum absolute atomic E-state index is 0.00138. The maximum atomic E-state index is 9.42. The van der Waals surface area contributed by atoms with Crippen LogP contribution in [0.1, 0.15) is 32.3 Å². The van der Waals surface area contributed by atoms with Crippen LogP contribution in [0.3, 0.4) is 0 Å². The molecule has 0 fully saturated rings. The van der Waals surface area contributed by atoms with Crippen LogP contribution >= 0.6 is 22.6 Å². The van der Waals surface area contributed by atoms with Gasteiger partial charge in [-0.3, -0.25) is 0 Å². The summed E-state index contributed by atoms with van der Waals surface area (Å²) in [6.07, 6.45) is 2.20. The summed E-state index contributed by atoms with van der Waals surface area (Å²) in [5.41, 5.74) is 0.992. The lowest BCUT2D eigenvalue weighted by Gasteiger charge is -2.25. The largest absolute Gasteiger partial charge is 0.508 e. The molecule has 0 aliphatic rings. The van der Waals surface area contributed by atoms with Gasteiger partial charge in [-0.1, -0.05) is 36.4 Å². The van der Waals surface area contributed by atoms with Crippen LogP contribution in [0.4, 0.5) is 0 Å². The maximum Gasteiger partial charge on any atom is 0.119 e. The first-order valence-electron chi connectivity index (χ1n) is 5.05. The first kappa shape index (κ1) is 12.6. The number of phenols is 2. The summed E-state index contributed by atoms with van der Waals surface area (Å²) in [6, 6.07) is 4.82. The number of halogens is 1. The lowest BCUT2D eigenvalue weighted by atomic mass is 9.80. The molecule has 1 aromatic rings. The van der Waals surface area contributed by atoms with E-state index >= 15 is 0 Å².